The van der Waals surface area contributed by atoms with Gasteiger partial charge in [-0.2, -0.15) is 9.97 Å². The number of hydrogen-bond acceptors (Lipinski definition) is 4. The zero-order valence-electron chi connectivity index (χ0n) is 29.5. The first-order valence-corrected chi connectivity index (χ1v) is 18.7. The molecule has 0 radical (unpaired) electrons. The lowest BCUT2D eigenvalue weighted by atomic mass is 9.87. The molecule has 0 spiro atoms. The van der Waals surface area contributed by atoms with Crippen molar-refractivity contribution in [1.82, 2.24) is 24.1 Å². The fraction of sp³-hybridized carbons (Fsp3) is 0.0408. The van der Waals surface area contributed by atoms with E-state index in [1.807, 2.05) is 24.3 Å². The van der Waals surface area contributed by atoms with Crippen LogP contribution in [-0.2, 0) is 0 Å². The summed E-state index contributed by atoms with van der Waals surface area (Å²) in [4.78, 5) is 16.0. The molecule has 10 aromatic rings. The molecule has 2 aliphatic rings. The number of benzene rings is 7. The van der Waals surface area contributed by atoms with Crippen molar-refractivity contribution in [2.24, 2.45) is 0 Å². The number of hydrogen-bond donors (Lipinski definition) is 0. The van der Waals surface area contributed by atoms with E-state index in [-0.39, 0.29) is 12.0 Å². The van der Waals surface area contributed by atoms with Crippen molar-refractivity contribution in [2.75, 3.05) is 0 Å². The van der Waals surface area contributed by atoms with Crippen LogP contribution in [0.5, 0.6) is 5.75 Å². The molecule has 2 unspecified atom stereocenters. The van der Waals surface area contributed by atoms with Crippen LogP contribution in [-0.4, -0.2) is 30.2 Å². The van der Waals surface area contributed by atoms with Gasteiger partial charge in [0.25, 0.3) is 0 Å². The zero-order chi connectivity index (χ0) is 36.0. The molecular weight excluding hydrogens is 675 g/mol. The van der Waals surface area contributed by atoms with Gasteiger partial charge in [-0.25, -0.2) is 4.98 Å². The number of allylic oxidation sites excluding steroid dienone is 2. The predicted octanol–water partition coefficient (Wildman–Crippen LogP) is 11.4. The predicted molar refractivity (Wildman–Crippen MR) is 222 cm³/mol. The van der Waals surface area contributed by atoms with Crippen molar-refractivity contribution in [3.63, 3.8) is 0 Å². The molecule has 6 heteroatoms. The largest absolute Gasteiger partial charge is 0.485 e. The van der Waals surface area contributed by atoms with Gasteiger partial charge < -0.3 is 9.30 Å². The van der Waals surface area contributed by atoms with Gasteiger partial charge in [-0.15, -0.1) is 0 Å². The first kappa shape index (κ1) is 30.2. The van der Waals surface area contributed by atoms with Gasteiger partial charge in [0.05, 0.1) is 27.8 Å². The highest BCUT2D eigenvalue weighted by Gasteiger charge is 2.37. The van der Waals surface area contributed by atoms with E-state index in [1.165, 1.54) is 21.5 Å². The van der Waals surface area contributed by atoms with E-state index >= 15 is 0 Å². The first-order valence-electron chi connectivity index (χ1n) is 18.7. The highest BCUT2D eigenvalue weighted by molar-refractivity contribution is 6.17. The van der Waals surface area contributed by atoms with Crippen molar-refractivity contribution in [3.8, 4) is 23.1 Å². The van der Waals surface area contributed by atoms with Crippen LogP contribution in [0.4, 0.5) is 0 Å². The topological polar surface area (TPSA) is 57.8 Å². The average molecular weight is 706 g/mol. The second kappa shape index (κ2) is 11.6. The van der Waals surface area contributed by atoms with E-state index in [0.717, 1.165) is 61.0 Å². The summed E-state index contributed by atoms with van der Waals surface area (Å²) in [5, 5.41) is 7.08. The standard InChI is InChI=1S/C49H31N5O/c1-2-14-30(15-3-1)47-50-48(52-49(51-47)54-41-23-11-6-18-33(41)34-19-7-12-24-42(34)54)39-28-38-36-21-9-13-25-45(36)55-46(38)29-44(39)53-40-22-10-8-20-35(40)37-26-31-16-4-5-17-32(31)27-43(37)53/h1-29,38,46H. The van der Waals surface area contributed by atoms with Crippen molar-refractivity contribution >= 4 is 65.7 Å². The summed E-state index contributed by atoms with van der Waals surface area (Å²) >= 11 is 0. The third-order valence-corrected chi connectivity index (χ3v) is 11.3. The summed E-state index contributed by atoms with van der Waals surface area (Å²) in [6, 6.07) is 57.4. The Kier molecular flexibility index (Phi) is 6.36. The summed E-state index contributed by atoms with van der Waals surface area (Å²) in [6.07, 6.45) is 4.42. The average Bonchev–Trinajstić information content (AvgIpc) is 3.89. The lowest BCUT2D eigenvalue weighted by Gasteiger charge is -2.25. The minimum absolute atomic E-state index is 0.0162. The molecule has 1 aliphatic carbocycles. The quantitative estimate of drug-likeness (QED) is 0.183. The van der Waals surface area contributed by atoms with Gasteiger partial charge in [-0.3, -0.25) is 4.57 Å². The minimum atomic E-state index is -0.194. The zero-order valence-corrected chi connectivity index (χ0v) is 29.5. The molecule has 4 heterocycles. The number of ether oxygens (including phenoxy) is 1. The van der Waals surface area contributed by atoms with Crippen molar-refractivity contribution in [1.29, 1.82) is 0 Å². The van der Waals surface area contributed by atoms with Crippen molar-refractivity contribution < 1.29 is 4.74 Å². The third kappa shape index (κ3) is 4.52. The van der Waals surface area contributed by atoms with Crippen LogP contribution >= 0.6 is 0 Å². The summed E-state index contributed by atoms with van der Waals surface area (Å²) in [5.41, 5.74) is 8.30. The van der Waals surface area contributed by atoms with Crippen LogP contribution in [0, 0.1) is 0 Å². The molecule has 3 aromatic heterocycles. The van der Waals surface area contributed by atoms with Gasteiger partial charge in [-0.1, -0.05) is 133 Å². The van der Waals surface area contributed by atoms with Crippen LogP contribution in [0.25, 0.3) is 83.0 Å². The number of para-hydroxylation sites is 4. The van der Waals surface area contributed by atoms with Crippen LogP contribution in [0.1, 0.15) is 17.3 Å². The summed E-state index contributed by atoms with van der Waals surface area (Å²) in [7, 11) is 0. The van der Waals surface area contributed by atoms with Gasteiger partial charge >= 0.3 is 0 Å². The Morgan fingerprint density at radius 1 is 0.455 bits per heavy atom. The van der Waals surface area contributed by atoms with Crippen LogP contribution in [0.15, 0.2) is 176 Å². The molecule has 0 bridgehead atoms. The Labute approximate surface area is 315 Å². The number of aromatic nitrogens is 5. The second-order valence-corrected chi connectivity index (χ2v) is 14.4. The maximum absolute atomic E-state index is 6.70. The molecule has 0 saturated heterocycles. The van der Waals surface area contributed by atoms with E-state index < -0.39 is 0 Å². The number of fused-ring (bicyclic) bond motifs is 10. The van der Waals surface area contributed by atoms with Gasteiger partial charge in [0, 0.05) is 44.2 Å². The maximum Gasteiger partial charge on any atom is 0.238 e. The van der Waals surface area contributed by atoms with Crippen LogP contribution in [0.2, 0.25) is 0 Å². The normalized spacial score (nSPS) is 16.4. The molecule has 0 saturated carbocycles. The smallest absolute Gasteiger partial charge is 0.238 e. The van der Waals surface area contributed by atoms with E-state index in [4.69, 9.17) is 19.7 Å². The third-order valence-electron chi connectivity index (χ3n) is 11.3. The minimum Gasteiger partial charge on any atom is -0.485 e. The fourth-order valence-corrected chi connectivity index (χ4v) is 8.83. The highest BCUT2D eigenvalue weighted by Crippen LogP contribution is 2.48. The molecule has 2 atom stereocenters. The number of rotatable bonds is 4. The van der Waals surface area contributed by atoms with E-state index in [1.54, 1.807) is 0 Å². The SMILES string of the molecule is C1=C(c2nc(-c3ccccc3)nc(-n3c4ccccc4c4ccccc43)n2)C(n2c3ccccc3c3cc4ccccc4cc32)=CC2Oc3ccccc3C12. The van der Waals surface area contributed by atoms with Gasteiger partial charge in [0.2, 0.25) is 5.95 Å². The Morgan fingerprint density at radius 2 is 1.04 bits per heavy atom. The molecule has 1 aliphatic heterocycles. The Bertz CT molecular complexity index is 3210. The molecule has 7 aromatic carbocycles. The summed E-state index contributed by atoms with van der Waals surface area (Å²) in [6.45, 7) is 0. The van der Waals surface area contributed by atoms with E-state index in [2.05, 4.69) is 161 Å². The number of nitrogens with zero attached hydrogens (tertiary/aromatic N) is 5. The molecule has 0 N–H and O–H groups in total. The van der Waals surface area contributed by atoms with E-state index in [9.17, 15) is 0 Å². The van der Waals surface area contributed by atoms with Gasteiger partial charge in [0.1, 0.15) is 11.9 Å². The lowest BCUT2D eigenvalue weighted by molar-refractivity contribution is 0.269. The molecule has 55 heavy (non-hydrogen) atoms. The summed E-state index contributed by atoms with van der Waals surface area (Å²) < 4.78 is 11.3. The van der Waals surface area contributed by atoms with Crippen molar-refractivity contribution in [3.05, 3.63) is 187 Å². The highest BCUT2D eigenvalue weighted by atomic mass is 16.5. The lowest BCUT2D eigenvalue weighted by Crippen LogP contribution is -2.21. The van der Waals surface area contributed by atoms with Gasteiger partial charge in [0.15, 0.2) is 11.6 Å². The van der Waals surface area contributed by atoms with Crippen LogP contribution < -0.4 is 4.74 Å². The Balaban J connectivity index is 1.17. The molecule has 6 nitrogen and oxygen atoms in total. The fourth-order valence-electron chi connectivity index (χ4n) is 8.83. The van der Waals surface area contributed by atoms with E-state index in [0.29, 0.717) is 17.6 Å². The molecular formula is C49H31N5O. The Hall–Kier alpha value is -7.31. The molecule has 0 fully saturated rings. The first-order chi connectivity index (χ1) is 27.3. The Morgan fingerprint density at radius 3 is 1.78 bits per heavy atom. The monoisotopic (exact) mass is 705 g/mol. The molecule has 258 valence electrons. The maximum atomic E-state index is 6.70. The van der Waals surface area contributed by atoms with Gasteiger partial charge in [-0.05, 0) is 53.2 Å². The molecule has 0 amide bonds. The summed E-state index contributed by atoms with van der Waals surface area (Å²) in [5.74, 6) is 2.68. The van der Waals surface area contributed by atoms with Crippen molar-refractivity contribution in [2.45, 2.75) is 12.0 Å². The second-order valence-electron chi connectivity index (χ2n) is 14.4. The van der Waals surface area contributed by atoms with Crippen LogP contribution in [0.3, 0.4) is 0 Å². The molecule has 12 rings (SSSR count).